The third-order valence-corrected chi connectivity index (χ3v) is 11.6. The Labute approximate surface area is 249 Å². The summed E-state index contributed by atoms with van der Waals surface area (Å²) in [5.41, 5.74) is 1.27. The Balaban J connectivity index is 1.36. The summed E-state index contributed by atoms with van der Waals surface area (Å²) in [5.74, 6) is -3.64. The fraction of sp³-hybridized carbons (Fsp3) is 0.452. The van der Waals surface area contributed by atoms with Gasteiger partial charge in [0.25, 0.3) is 0 Å². The van der Waals surface area contributed by atoms with Gasteiger partial charge in [0.05, 0.1) is 28.1 Å². The maximum Gasteiger partial charge on any atom is 0.324 e. The van der Waals surface area contributed by atoms with Crippen molar-refractivity contribution in [2.24, 2.45) is 5.92 Å². The van der Waals surface area contributed by atoms with Crippen LogP contribution in [0.3, 0.4) is 0 Å². The van der Waals surface area contributed by atoms with E-state index in [1.54, 1.807) is 18.2 Å². The van der Waals surface area contributed by atoms with E-state index in [0.29, 0.717) is 60.8 Å². The van der Waals surface area contributed by atoms with E-state index in [-0.39, 0.29) is 22.4 Å². The molecule has 3 N–H and O–H groups in total. The molecule has 42 heavy (non-hydrogen) atoms. The number of carbonyl (C=O) groups excluding carboxylic acids is 1. The van der Waals surface area contributed by atoms with Crippen LogP contribution in [0.2, 0.25) is 0 Å². The summed E-state index contributed by atoms with van der Waals surface area (Å²) in [7, 11) is -2.52. The topological polar surface area (TPSA) is 109 Å². The minimum atomic E-state index is -3.30. The number of halogens is 2. The lowest BCUT2D eigenvalue weighted by Gasteiger charge is -2.41. The molecule has 3 aromatic rings. The van der Waals surface area contributed by atoms with Crippen LogP contribution in [0.15, 0.2) is 54.6 Å². The number of nitriles is 1. The molecule has 3 aliphatic rings. The molecule has 2 aromatic carbocycles. The van der Waals surface area contributed by atoms with E-state index in [1.165, 1.54) is 12.1 Å². The first-order chi connectivity index (χ1) is 20.1. The maximum atomic E-state index is 15.9. The highest BCUT2D eigenvalue weighted by atomic mass is 32.3. The average molecular weight is 613 g/mol. The molecule has 0 radical (unpaired) electrons. The lowest BCUT2D eigenvalue weighted by atomic mass is 9.76. The SMILES string of the molecule is N#CC1(NC(=O)[C@@H]2CCCC[C@H]2c2nc(C(F)(F)c3ccccc3)sc2-c2ccc(N3CCS(O)(O)CC3)cc2)CC1. The highest BCUT2D eigenvalue weighted by Gasteiger charge is 2.47. The number of aromatic nitrogens is 1. The minimum Gasteiger partial charge on any atom is -0.368 e. The molecule has 222 valence electrons. The fourth-order valence-corrected chi connectivity index (χ4v) is 8.36. The smallest absolute Gasteiger partial charge is 0.324 e. The number of rotatable bonds is 7. The van der Waals surface area contributed by atoms with Crippen LogP contribution in [-0.2, 0) is 10.7 Å². The van der Waals surface area contributed by atoms with Crippen molar-refractivity contribution in [3.63, 3.8) is 0 Å². The average Bonchev–Trinajstić information content (AvgIpc) is 3.63. The molecular weight excluding hydrogens is 578 g/mol. The van der Waals surface area contributed by atoms with Gasteiger partial charge >= 0.3 is 5.92 Å². The summed E-state index contributed by atoms with van der Waals surface area (Å²) in [5, 5.41) is 12.2. The molecule has 1 amide bonds. The van der Waals surface area contributed by atoms with Gasteiger partial charge in [-0.05, 0) is 43.4 Å². The van der Waals surface area contributed by atoms with Gasteiger partial charge in [0.2, 0.25) is 5.91 Å². The third-order valence-electron chi connectivity index (χ3n) is 8.71. The summed E-state index contributed by atoms with van der Waals surface area (Å²) in [4.78, 5) is 20.8. The van der Waals surface area contributed by atoms with Crippen LogP contribution in [0.4, 0.5) is 14.5 Å². The van der Waals surface area contributed by atoms with Gasteiger partial charge in [-0.15, -0.1) is 11.3 Å². The second-order valence-electron chi connectivity index (χ2n) is 11.6. The van der Waals surface area contributed by atoms with Crippen LogP contribution in [0.5, 0.6) is 0 Å². The highest BCUT2D eigenvalue weighted by molar-refractivity contribution is 8.24. The molecule has 6 rings (SSSR count). The largest absolute Gasteiger partial charge is 0.368 e. The third kappa shape index (κ3) is 5.78. The van der Waals surface area contributed by atoms with Gasteiger partial charge in [0.15, 0.2) is 5.01 Å². The number of amides is 1. The Bertz CT molecular complexity index is 1480. The van der Waals surface area contributed by atoms with E-state index in [1.807, 2.05) is 24.3 Å². The van der Waals surface area contributed by atoms with Crippen LogP contribution >= 0.6 is 21.9 Å². The summed E-state index contributed by atoms with van der Waals surface area (Å²) >= 11 is 0.971. The number of anilines is 1. The van der Waals surface area contributed by atoms with Gasteiger partial charge in [0.1, 0.15) is 5.54 Å². The van der Waals surface area contributed by atoms with E-state index in [0.717, 1.165) is 35.4 Å². The number of thiazole rings is 1. The number of hydrogen-bond acceptors (Lipinski definition) is 7. The number of benzene rings is 2. The highest BCUT2D eigenvalue weighted by Crippen LogP contribution is 2.49. The van der Waals surface area contributed by atoms with Gasteiger partial charge in [-0.25, -0.2) is 4.98 Å². The van der Waals surface area contributed by atoms with Gasteiger partial charge in [0, 0.05) is 36.2 Å². The molecule has 2 atom stereocenters. The number of carbonyl (C=O) groups is 1. The quantitative estimate of drug-likeness (QED) is 0.266. The van der Waals surface area contributed by atoms with Crippen LogP contribution < -0.4 is 10.2 Å². The van der Waals surface area contributed by atoms with Crippen molar-refractivity contribution in [2.75, 3.05) is 29.5 Å². The molecular formula is C31H34F2N4O3S2. The molecule has 1 aromatic heterocycles. The van der Waals surface area contributed by atoms with Crippen molar-refractivity contribution in [3.05, 3.63) is 70.9 Å². The van der Waals surface area contributed by atoms with Gasteiger partial charge in [-0.1, -0.05) is 55.3 Å². The predicted octanol–water partition coefficient (Wildman–Crippen LogP) is 6.97. The molecule has 3 fully saturated rings. The van der Waals surface area contributed by atoms with Crippen molar-refractivity contribution in [3.8, 4) is 16.5 Å². The van der Waals surface area contributed by atoms with E-state index >= 15 is 8.78 Å². The summed E-state index contributed by atoms with van der Waals surface area (Å²) in [6.45, 7) is 1.06. The van der Waals surface area contributed by atoms with E-state index in [4.69, 9.17) is 0 Å². The molecule has 0 spiro atoms. The summed E-state index contributed by atoms with van der Waals surface area (Å²) < 4.78 is 51.7. The molecule has 2 aliphatic carbocycles. The Morgan fingerprint density at radius 2 is 1.74 bits per heavy atom. The molecule has 1 aliphatic heterocycles. The van der Waals surface area contributed by atoms with Gasteiger partial charge < -0.3 is 10.2 Å². The molecule has 1 saturated heterocycles. The van der Waals surface area contributed by atoms with Gasteiger partial charge in [-0.2, -0.15) is 24.6 Å². The second-order valence-corrected chi connectivity index (χ2v) is 15.0. The lowest BCUT2D eigenvalue weighted by Crippen LogP contribution is -2.42. The molecule has 0 unspecified atom stereocenters. The molecule has 2 heterocycles. The number of hydrogen-bond donors (Lipinski definition) is 3. The first-order valence-electron chi connectivity index (χ1n) is 14.4. The van der Waals surface area contributed by atoms with E-state index in [9.17, 15) is 19.2 Å². The van der Waals surface area contributed by atoms with Crippen molar-refractivity contribution in [2.45, 2.75) is 55.9 Å². The van der Waals surface area contributed by atoms with Crippen molar-refractivity contribution in [1.82, 2.24) is 10.3 Å². The Kier molecular flexibility index (Phi) is 7.77. The van der Waals surface area contributed by atoms with Crippen molar-refractivity contribution >= 4 is 33.5 Å². The molecule has 2 saturated carbocycles. The fourth-order valence-electron chi connectivity index (χ4n) is 5.99. The Hall–Kier alpha value is -3.04. The predicted molar refractivity (Wildman–Crippen MR) is 162 cm³/mol. The zero-order valence-electron chi connectivity index (χ0n) is 23.1. The molecule has 7 nitrogen and oxygen atoms in total. The Morgan fingerprint density at radius 1 is 1.07 bits per heavy atom. The maximum absolute atomic E-state index is 15.9. The summed E-state index contributed by atoms with van der Waals surface area (Å²) in [6.07, 6.45) is 4.26. The van der Waals surface area contributed by atoms with Crippen molar-refractivity contribution < 1.29 is 22.7 Å². The first kappa shape index (κ1) is 29.1. The molecule has 0 bridgehead atoms. The minimum absolute atomic E-state index is 0.133. The van der Waals surface area contributed by atoms with Crippen molar-refractivity contribution in [1.29, 1.82) is 5.26 Å². The zero-order chi connectivity index (χ0) is 29.5. The zero-order valence-corrected chi connectivity index (χ0v) is 24.8. The second kappa shape index (κ2) is 11.2. The Morgan fingerprint density at radius 3 is 2.38 bits per heavy atom. The van der Waals surface area contributed by atoms with Crippen LogP contribution in [-0.4, -0.2) is 50.1 Å². The lowest BCUT2D eigenvalue weighted by molar-refractivity contribution is -0.127. The number of alkyl halides is 2. The normalized spacial score (nSPS) is 23.9. The van der Waals surface area contributed by atoms with E-state index in [2.05, 4.69) is 21.3 Å². The van der Waals surface area contributed by atoms with Crippen LogP contribution in [0, 0.1) is 17.2 Å². The summed E-state index contributed by atoms with van der Waals surface area (Å²) in [6, 6.07) is 17.5. The molecule has 11 heteroatoms. The first-order valence-corrected chi connectivity index (χ1v) is 17.1. The van der Waals surface area contributed by atoms with Crippen LogP contribution in [0.25, 0.3) is 10.4 Å². The van der Waals surface area contributed by atoms with Crippen LogP contribution in [0.1, 0.15) is 60.7 Å². The van der Waals surface area contributed by atoms with Gasteiger partial charge in [-0.3, -0.25) is 13.9 Å². The standard InChI is InChI=1S/C31H34F2N4O3S2/c32-31(33,22-6-2-1-3-7-22)29-35-26(24-8-4-5-9-25(24)28(38)36-30(20-34)14-15-30)27(41-29)21-10-12-23(13-11-21)37-16-18-42(39,40)19-17-37/h1-3,6-7,10-13,24-25,39-40H,4-5,8-9,14-19H2,(H,36,38)/t24-,25-/m1/s1. The number of nitrogens with zero attached hydrogens (tertiary/aromatic N) is 3. The van der Waals surface area contributed by atoms with E-state index < -0.39 is 28.0 Å². The monoisotopic (exact) mass is 612 g/mol. The number of nitrogens with one attached hydrogen (secondary N) is 1.